The highest BCUT2D eigenvalue weighted by Crippen LogP contribution is 2.27. The molecule has 0 saturated carbocycles. The number of rotatable bonds is 5. The quantitative estimate of drug-likeness (QED) is 0.559. The van der Waals surface area contributed by atoms with Crippen LogP contribution in [-0.4, -0.2) is 70.3 Å². The zero-order valence-corrected chi connectivity index (χ0v) is 14.6. The molecular formula is C14H20N3O6S+. The van der Waals surface area contributed by atoms with Crippen LogP contribution in [0.1, 0.15) is 10.4 Å². The summed E-state index contributed by atoms with van der Waals surface area (Å²) in [6.07, 6.45) is 1.17. The van der Waals surface area contributed by atoms with Gasteiger partial charge in [0.25, 0.3) is 4.92 Å². The molecule has 0 radical (unpaired) electrons. The molecule has 1 aromatic rings. The summed E-state index contributed by atoms with van der Waals surface area (Å²) in [6, 6.07) is 4.55. The Bertz CT molecular complexity index is 741. The molecule has 0 aliphatic carbocycles. The molecule has 10 heteroatoms. The Morgan fingerprint density at radius 1 is 1.17 bits per heavy atom. The minimum absolute atomic E-state index is 0.163. The Balaban J connectivity index is 2.30. The highest BCUT2D eigenvalue weighted by atomic mass is 32.2. The summed E-state index contributed by atoms with van der Waals surface area (Å²) in [4.78, 5) is 30.4. The van der Waals surface area contributed by atoms with E-state index in [1.807, 2.05) is 4.90 Å². The minimum Gasteiger partial charge on any atom is -0.465 e. The number of hydrogen-bond acceptors (Lipinski definition) is 7. The van der Waals surface area contributed by atoms with Gasteiger partial charge in [0.2, 0.25) is 10.0 Å². The predicted molar refractivity (Wildman–Crippen MR) is 86.7 cm³/mol. The van der Waals surface area contributed by atoms with Crippen LogP contribution >= 0.6 is 0 Å². The summed E-state index contributed by atoms with van der Waals surface area (Å²) in [5, 5.41) is 0. The highest BCUT2D eigenvalue weighted by molar-refractivity contribution is 7.88. The van der Waals surface area contributed by atoms with Gasteiger partial charge in [0, 0.05) is 38.3 Å². The van der Waals surface area contributed by atoms with Crippen molar-refractivity contribution in [2.45, 2.75) is 0 Å². The van der Waals surface area contributed by atoms with Crippen molar-refractivity contribution in [2.24, 2.45) is 0 Å². The number of piperazine rings is 1. The Morgan fingerprint density at radius 2 is 1.79 bits per heavy atom. The van der Waals surface area contributed by atoms with Crippen molar-refractivity contribution < 1.29 is 27.7 Å². The van der Waals surface area contributed by atoms with Crippen LogP contribution in [0.4, 0.5) is 11.4 Å². The average molecular weight is 358 g/mol. The topological polar surface area (TPSA) is 96.2 Å². The molecule has 1 fully saturated rings. The number of ether oxygens (including phenoxy) is 1. The van der Waals surface area contributed by atoms with Crippen molar-refractivity contribution in [1.29, 1.82) is 0 Å². The third-order valence-electron chi connectivity index (χ3n) is 3.81. The summed E-state index contributed by atoms with van der Waals surface area (Å²) in [6.45, 7) is 1.52. The number of nitrogens with zero attached hydrogens (tertiary/aromatic N) is 3. The second-order valence-corrected chi connectivity index (χ2v) is 7.26. The molecule has 2 rings (SSSR count). The number of esters is 1. The van der Waals surface area contributed by atoms with E-state index in [-0.39, 0.29) is 16.2 Å². The molecule has 0 N–H and O–H groups in total. The second-order valence-electron chi connectivity index (χ2n) is 5.28. The molecule has 0 spiro atoms. The number of methoxy groups -OCH3 is 1. The molecule has 0 amide bonds. The van der Waals surface area contributed by atoms with Crippen LogP contribution < -0.4 is 4.90 Å². The first-order chi connectivity index (χ1) is 11.3. The molecule has 0 unspecified atom stereocenters. The first kappa shape index (κ1) is 18.1. The third-order valence-corrected chi connectivity index (χ3v) is 5.11. The largest absolute Gasteiger partial charge is 0.465 e. The van der Waals surface area contributed by atoms with Gasteiger partial charge in [0.1, 0.15) is 0 Å². The Hall–Kier alpha value is -2.20. The van der Waals surface area contributed by atoms with Gasteiger partial charge in [-0.05, 0) is 6.07 Å². The lowest BCUT2D eigenvalue weighted by Crippen LogP contribution is -2.48. The summed E-state index contributed by atoms with van der Waals surface area (Å²) in [5.41, 5.74) is 0.973. The van der Waals surface area contributed by atoms with Crippen LogP contribution in [0, 0.1) is 4.91 Å². The third kappa shape index (κ3) is 3.82. The molecule has 1 heterocycles. The summed E-state index contributed by atoms with van der Waals surface area (Å²) < 4.78 is 29.3. The van der Waals surface area contributed by atoms with Gasteiger partial charge in [-0.2, -0.15) is 4.31 Å². The van der Waals surface area contributed by atoms with Crippen LogP contribution in [0.15, 0.2) is 18.2 Å². The van der Waals surface area contributed by atoms with Crippen molar-refractivity contribution in [3.8, 4) is 0 Å². The van der Waals surface area contributed by atoms with Gasteiger partial charge in [0.15, 0.2) is 7.11 Å². The lowest BCUT2D eigenvalue weighted by atomic mass is 10.1. The van der Waals surface area contributed by atoms with Gasteiger partial charge < -0.3 is 9.64 Å². The number of carbonyl (C=O) groups is 1. The van der Waals surface area contributed by atoms with E-state index < -0.39 is 16.0 Å². The van der Waals surface area contributed by atoms with Crippen LogP contribution in [0.3, 0.4) is 0 Å². The van der Waals surface area contributed by atoms with Gasteiger partial charge in [-0.1, -0.05) is 0 Å². The maximum Gasteiger partial charge on any atom is 0.340 e. The van der Waals surface area contributed by atoms with Gasteiger partial charge in [-0.15, -0.1) is 0 Å². The molecule has 24 heavy (non-hydrogen) atoms. The smallest absolute Gasteiger partial charge is 0.340 e. The predicted octanol–water partition coefficient (Wildman–Crippen LogP) is 0.527. The van der Waals surface area contributed by atoms with E-state index in [2.05, 4.69) is 4.84 Å². The van der Waals surface area contributed by atoms with E-state index in [0.29, 0.717) is 31.9 Å². The number of anilines is 1. The maximum atomic E-state index is 12.0. The van der Waals surface area contributed by atoms with E-state index in [1.54, 1.807) is 6.07 Å². The molecule has 132 valence electrons. The van der Waals surface area contributed by atoms with Gasteiger partial charge in [-0.3, -0.25) is 0 Å². The van der Waals surface area contributed by atoms with E-state index in [4.69, 9.17) is 4.74 Å². The van der Waals surface area contributed by atoms with Crippen molar-refractivity contribution in [1.82, 2.24) is 4.31 Å². The molecule has 1 aliphatic heterocycles. The Morgan fingerprint density at radius 3 is 2.29 bits per heavy atom. The normalized spacial score (nSPS) is 15.9. The van der Waals surface area contributed by atoms with Gasteiger partial charge >= 0.3 is 11.7 Å². The first-order valence-electron chi connectivity index (χ1n) is 7.21. The molecule has 0 atom stereocenters. The molecule has 1 saturated heterocycles. The summed E-state index contributed by atoms with van der Waals surface area (Å²) in [7, 11) is -0.752. The van der Waals surface area contributed by atoms with Gasteiger partial charge in [0.05, 0.1) is 29.5 Å². The molecule has 1 aliphatic rings. The van der Waals surface area contributed by atoms with E-state index >= 15 is 0 Å². The zero-order chi connectivity index (χ0) is 17.9. The number of carbonyl (C=O) groups excluding carboxylic acids is 1. The fraction of sp³-hybridized carbons (Fsp3) is 0.500. The van der Waals surface area contributed by atoms with Crippen molar-refractivity contribution in [3.05, 3.63) is 28.7 Å². The molecule has 1 aromatic carbocycles. The Labute approximate surface area is 140 Å². The van der Waals surface area contributed by atoms with Crippen LogP contribution in [0.25, 0.3) is 0 Å². The fourth-order valence-electron chi connectivity index (χ4n) is 2.55. The van der Waals surface area contributed by atoms with Crippen molar-refractivity contribution in [2.75, 3.05) is 51.6 Å². The summed E-state index contributed by atoms with van der Waals surface area (Å²) in [5.74, 6) is -0.582. The van der Waals surface area contributed by atoms with Crippen LogP contribution in [0.5, 0.6) is 0 Å². The van der Waals surface area contributed by atoms with E-state index in [1.165, 1.54) is 36.9 Å². The standard InChI is InChI=1S/C14H20N3O6S/c1-22-14(18)12-10-11(17(19)23-2)4-5-13(12)15-6-8-16(9-7-15)24(3,20)21/h4-5,10H,6-9H2,1-3H3/q+1. The van der Waals surface area contributed by atoms with E-state index in [9.17, 15) is 18.1 Å². The minimum atomic E-state index is -3.23. The van der Waals surface area contributed by atoms with E-state index in [0.717, 1.165) is 0 Å². The lowest BCUT2D eigenvalue weighted by molar-refractivity contribution is -0.736. The van der Waals surface area contributed by atoms with Crippen LogP contribution in [0.2, 0.25) is 0 Å². The Kier molecular flexibility index (Phi) is 5.40. The number of hydrogen-bond donors (Lipinski definition) is 0. The monoisotopic (exact) mass is 358 g/mol. The second kappa shape index (κ2) is 7.14. The summed E-state index contributed by atoms with van der Waals surface area (Å²) >= 11 is 0. The molecule has 0 aromatic heterocycles. The zero-order valence-electron chi connectivity index (χ0n) is 13.8. The fourth-order valence-corrected chi connectivity index (χ4v) is 3.38. The first-order valence-corrected chi connectivity index (χ1v) is 9.06. The lowest BCUT2D eigenvalue weighted by Gasteiger charge is -2.35. The highest BCUT2D eigenvalue weighted by Gasteiger charge is 2.28. The van der Waals surface area contributed by atoms with Crippen molar-refractivity contribution in [3.63, 3.8) is 0 Å². The molecule has 9 nitrogen and oxygen atoms in total. The molecular weight excluding hydrogens is 338 g/mol. The van der Waals surface area contributed by atoms with Crippen molar-refractivity contribution >= 4 is 27.4 Å². The average Bonchev–Trinajstić information content (AvgIpc) is 2.59. The van der Waals surface area contributed by atoms with Crippen LogP contribution in [-0.2, 0) is 19.6 Å². The maximum absolute atomic E-state index is 12.0. The molecule has 0 bridgehead atoms. The van der Waals surface area contributed by atoms with Gasteiger partial charge in [-0.25, -0.2) is 18.0 Å². The number of benzene rings is 1. The SMILES string of the molecule is COC(=O)c1cc([N+](=O)OC)ccc1N1CCN(S(C)(=O)=O)CC1. The number of sulfonamides is 1.